The lowest BCUT2D eigenvalue weighted by molar-refractivity contribution is -0.136. The van der Waals surface area contributed by atoms with Gasteiger partial charge in [-0.1, -0.05) is 12.1 Å². The van der Waals surface area contributed by atoms with E-state index in [2.05, 4.69) is 15.7 Å². The fraction of sp³-hybridized carbons (Fsp3) is 0.353. The van der Waals surface area contributed by atoms with Crippen LogP contribution in [0.3, 0.4) is 0 Å². The number of halogens is 1. The molecule has 0 aliphatic carbocycles. The van der Waals surface area contributed by atoms with Gasteiger partial charge in [0.1, 0.15) is 11.6 Å². The van der Waals surface area contributed by atoms with Crippen molar-refractivity contribution < 1.29 is 14.0 Å². The third-order valence-electron chi connectivity index (χ3n) is 3.58. The maximum Gasteiger partial charge on any atom is 0.314 e. The topological polar surface area (TPSA) is 76.0 Å². The summed E-state index contributed by atoms with van der Waals surface area (Å²) in [6.07, 6.45) is 1.22. The van der Waals surface area contributed by atoms with Crippen molar-refractivity contribution in [1.82, 2.24) is 15.1 Å². The predicted octanol–water partition coefficient (Wildman–Crippen LogP) is 1.94. The van der Waals surface area contributed by atoms with Crippen molar-refractivity contribution in [2.24, 2.45) is 7.05 Å². The zero-order valence-corrected chi connectivity index (χ0v) is 14.0. The van der Waals surface area contributed by atoms with Gasteiger partial charge < -0.3 is 10.6 Å². The van der Waals surface area contributed by atoms with Crippen molar-refractivity contribution in [2.75, 3.05) is 5.32 Å². The number of hydrogen-bond acceptors (Lipinski definition) is 3. The molecular weight excluding hydrogens is 311 g/mol. The zero-order chi connectivity index (χ0) is 17.7. The molecule has 1 heterocycles. The summed E-state index contributed by atoms with van der Waals surface area (Å²) in [6.45, 7) is 3.60. The molecule has 7 heteroatoms. The van der Waals surface area contributed by atoms with Crippen LogP contribution in [0.4, 0.5) is 10.2 Å². The van der Waals surface area contributed by atoms with Crippen molar-refractivity contribution in [2.45, 2.75) is 32.7 Å². The summed E-state index contributed by atoms with van der Waals surface area (Å²) in [5, 5.41) is 9.25. The SMILES string of the molecule is Cc1cc(NC(=O)C(=O)NC(C)CCc2cccc(F)c2)n(C)n1. The fourth-order valence-electron chi connectivity index (χ4n) is 2.34. The van der Waals surface area contributed by atoms with Gasteiger partial charge in [0.05, 0.1) is 5.69 Å². The first-order valence-corrected chi connectivity index (χ1v) is 7.72. The minimum absolute atomic E-state index is 0.209. The molecule has 0 fully saturated rings. The largest absolute Gasteiger partial charge is 0.345 e. The van der Waals surface area contributed by atoms with Crippen molar-refractivity contribution in [1.29, 1.82) is 0 Å². The Morgan fingerprint density at radius 2 is 2.04 bits per heavy atom. The summed E-state index contributed by atoms with van der Waals surface area (Å²) in [5.41, 5.74) is 1.60. The quantitative estimate of drug-likeness (QED) is 0.822. The van der Waals surface area contributed by atoms with E-state index in [1.54, 1.807) is 33.0 Å². The average molecular weight is 332 g/mol. The third-order valence-corrected chi connectivity index (χ3v) is 3.58. The molecule has 128 valence electrons. The van der Waals surface area contributed by atoms with E-state index in [1.165, 1.54) is 16.8 Å². The maximum absolute atomic E-state index is 13.1. The van der Waals surface area contributed by atoms with Gasteiger partial charge in [-0.15, -0.1) is 0 Å². The minimum atomic E-state index is -0.740. The van der Waals surface area contributed by atoms with Crippen LogP contribution in [-0.4, -0.2) is 27.6 Å². The van der Waals surface area contributed by atoms with Gasteiger partial charge in [-0.25, -0.2) is 4.39 Å². The second-order valence-electron chi connectivity index (χ2n) is 5.79. The third kappa shape index (κ3) is 4.91. The Labute approximate surface area is 140 Å². The number of anilines is 1. The van der Waals surface area contributed by atoms with E-state index in [1.807, 2.05) is 6.07 Å². The first-order chi connectivity index (χ1) is 11.3. The Balaban J connectivity index is 1.82. The van der Waals surface area contributed by atoms with Crippen molar-refractivity contribution in [3.63, 3.8) is 0 Å². The molecule has 2 aromatic rings. The highest BCUT2D eigenvalue weighted by atomic mass is 19.1. The summed E-state index contributed by atoms with van der Waals surface area (Å²) >= 11 is 0. The second-order valence-corrected chi connectivity index (χ2v) is 5.79. The number of nitrogens with zero attached hydrogens (tertiary/aromatic N) is 2. The van der Waals surface area contributed by atoms with Gasteiger partial charge in [0.15, 0.2) is 0 Å². The van der Waals surface area contributed by atoms with Gasteiger partial charge in [-0.2, -0.15) is 5.10 Å². The van der Waals surface area contributed by atoms with Crippen molar-refractivity contribution >= 4 is 17.6 Å². The van der Waals surface area contributed by atoms with E-state index in [4.69, 9.17) is 0 Å². The predicted molar refractivity (Wildman–Crippen MR) is 88.9 cm³/mol. The average Bonchev–Trinajstić information content (AvgIpc) is 2.83. The van der Waals surface area contributed by atoms with Crippen LogP contribution in [0.25, 0.3) is 0 Å². The van der Waals surface area contributed by atoms with Gasteiger partial charge in [0, 0.05) is 19.2 Å². The summed E-state index contributed by atoms with van der Waals surface area (Å²) < 4.78 is 14.6. The number of aryl methyl sites for hydroxylation is 3. The lowest BCUT2D eigenvalue weighted by Gasteiger charge is -2.13. The number of aromatic nitrogens is 2. The van der Waals surface area contributed by atoms with Gasteiger partial charge >= 0.3 is 11.8 Å². The number of carbonyl (C=O) groups is 2. The van der Waals surface area contributed by atoms with E-state index < -0.39 is 11.8 Å². The zero-order valence-electron chi connectivity index (χ0n) is 14.0. The molecular formula is C17H21FN4O2. The Kier molecular flexibility index (Phi) is 5.68. The smallest absolute Gasteiger partial charge is 0.314 e. The molecule has 1 atom stereocenters. The van der Waals surface area contributed by atoms with Crippen LogP contribution in [0.5, 0.6) is 0 Å². The molecule has 0 saturated heterocycles. The summed E-state index contributed by atoms with van der Waals surface area (Å²) in [7, 11) is 1.68. The van der Waals surface area contributed by atoms with Crippen LogP contribution >= 0.6 is 0 Å². The molecule has 2 amide bonds. The molecule has 0 radical (unpaired) electrons. The molecule has 24 heavy (non-hydrogen) atoms. The molecule has 1 aromatic heterocycles. The van der Waals surface area contributed by atoms with E-state index in [9.17, 15) is 14.0 Å². The minimum Gasteiger partial charge on any atom is -0.345 e. The highest BCUT2D eigenvalue weighted by Gasteiger charge is 2.17. The molecule has 1 aromatic carbocycles. The lowest BCUT2D eigenvalue weighted by atomic mass is 10.1. The van der Waals surface area contributed by atoms with Gasteiger partial charge in [-0.3, -0.25) is 14.3 Å². The van der Waals surface area contributed by atoms with E-state index in [0.717, 1.165) is 11.3 Å². The lowest BCUT2D eigenvalue weighted by Crippen LogP contribution is -2.41. The van der Waals surface area contributed by atoms with Gasteiger partial charge in [0.2, 0.25) is 0 Å². The van der Waals surface area contributed by atoms with Crippen molar-refractivity contribution in [3.8, 4) is 0 Å². The molecule has 2 rings (SSSR count). The Morgan fingerprint density at radius 3 is 2.67 bits per heavy atom. The molecule has 6 nitrogen and oxygen atoms in total. The highest BCUT2D eigenvalue weighted by molar-refractivity contribution is 6.39. The van der Waals surface area contributed by atoms with Crippen molar-refractivity contribution in [3.05, 3.63) is 47.4 Å². The van der Waals surface area contributed by atoms with Gasteiger partial charge in [0.25, 0.3) is 0 Å². The monoisotopic (exact) mass is 332 g/mol. The maximum atomic E-state index is 13.1. The van der Waals surface area contributed by atoms with Crippen LogP contribution in [0, 0.1) is 12.7 Å². The number of nitrogens with one attached hydrogen (secondary N) is 2. The summed E-state index contributed by atoms with van der Waals surface area (Å²) in [6, 6.07) is 7.80. The molecule has 0 saturated carbocycles. The number of benzene rings is 1. The fourth-order valence-corrected chi connectivity index (χ4v) is 2.34. The number of carbonyl (C=O) groups excluding carboxylic acids is 2. The normalized spacial score (nSPS) is 11.8. The van der Waals surface area contributed by atoms with Crippen LogP contribution in [-0.2, 0) is 23.1 Å². The Hall–Kier alpha value is -2.70. The highest BCUT2D eigenvalue weighted by Crippen LogP contribution is 2.09. The van der Waals surface area contributed by atoms with Crippen LogP contribution < -0.4 is 10.6 Å². The van der Waals surface area contributed by atoms with E-state index >= 15 is 0 Å². The van der Waals surface area contributed by atoms with Crippen LogP contribution in [0.2, 0.25) is 0 Å². The first kappa shape index (κ1) is 17.7. The van der Waals surface area contributed by atoms with E-state index in [0.29, 0.717) is 18.7 Å². The molecule has 0 spiro atoms. The number of hydrogen-bond donors (Lipinski definition) is 2. The van der Waals surface area contributed by atoms with Crippen LogP contribution in [0.1, 0.15) is 24.6 Å². The molecule has 1 unspecified atom stereocenters. The number of amides is 2. The number of rotatable bonds is 5. The van der Waals surface area contributed by atoms with Gasteiger partial charge in [-0.05, 0) is 44.4 Å². The summed E-state index contributed by atoms with van der Waals surface area (Å²) in [5.74, 6) is -1.27. The van der Waals surface area contributed by atoms with Crippen LogP contribution in [0.15, 0.2) is 30.3 Å². The Morgan fingerprint density at radius 1 is 1.29 bits per heavy atom. The molecule has 0 bridgehead atoms. The first-order valence-electron chi connectivity index (χ1n) is 7.72. The summed E-state index contributed by atoms with van der Waals surface area (Å²) in [4.78, 5) is 23.8. The molecule has 2 N–H and O–H groups in total. The standard InChI is InChI=1S/C17H21FN4O2/c1-11(7-8-13-5-4-6-14(18)10-13)19-16(23)17(24)20-15-9-12(2)21-22(15)3/h4-6,9-11H,7-8H2,1-3H3,(H,19,23)(H,20,24). The second kappa shape index (κ2) is 7.72. The molecule has 0 aliphatic rings. The Bertz CT molecular complexity index is 742. The molecule has 0 aliphatic heterocycles. The van der Waals surface area contributed by atoms with E-state index in [-0.39, 0.29) is 11.9 Å².